The Hall–Kier alpha value is -1.03. The number of carbonyl (C=O) groups is 1. The summed E-state index contributed by atoms with van der Waals surface area (Å²) in [5, 5.41) is 2.92. The summed E-state index contributed by atoms with van der Waals surface area (Å²) in [6.07, 6.45) is 1.53. The fourth-order valence-electron chi connectivity index (χ4n) is 2.07. The zero-order chi connectivity index (χ0) is 12.3. The first-order valence-corrected chi connectivity index (χ1v) is 6.74. The summed E-state index contributed by atoms with van der Waals surface area (Å²) >= 11 is 3.61. The standard InChI is InChI=1S/C13H17BrN2O/c1-10-4-5-12(11(14)9-10)16-7-2-3-13(17)15-6-8-16/h4-5,9H,2-3,6-8H2,1H3,(H,15,17). The molecule has 0 aliphatic carbocycles. The van der Waals surface area contributed by atoms with Crippen molar-refractivity contribution < 1.29 is 4.79 Å². The number of hydrogen-bond acceptors (Lipinski definition) is 2. The maximum absolute atomic E-state index is 11.3. The van der Waals surface area contributed by atoms with Gasteiger partial charge in [0.05, 0.1) is 5.69 Å². The molecule has 0 radical (unpaired) electrons. The number of benzene rings is 1. The van der Waals surface area contributed by atoms with Crippen LogP contribution in [0.5, 0.6) is 0 Å². The maximum atomic E-state index is 11.3. The molecule has 1 aromatic carbocycles. The molecule has 1 aliphatic rings. The van der Waals surface area contributed by atoms with E-state index in [9.17, 15) is 4.79 Å². The minimum Gasteiger partial charge on any atom is -0.369 e. The van der Waals surface area contributed by atoms with E-state index in [1.54, 1.807) is 0 Å². The Morgan fingerprint density at radius 3 is 2.94 bits per heavy atom. The van der Waals surface area contributed by atoms with E-state index in [-0.39, 0.29) is 5.91 Å². The topological polar surface area (TPSA) is 32.3 Å². The lowest BCUT2D eigenvalue weighted by Crippen LogP contribution is -2.38. The predicted octanol–water partition coefficient (Wildman–Crippen LogP) is 2.47. The molecular formula is C13H17BrN2O. The van der Waals surface area contributed by atoms with Crippen molar-refractivity contribution in [3.63, 3.8) is 0 Å². The van der Waals surface area contributed by atoms with Crippen LogP contribution in [0.15, 0.2) is 22.7 Å². The Balaban J connectivity index is 2.12. The molecule has 2 rings (SSSR count). The van der Waals surface area contributed by atoms with Gasteiger partial charge >= 0.3 is 0 Å². The SMILES string of the molecule is Cc1ccc(N2CCCC(=O)NCC2)c(Br)c1. The Labute approximate surface area is 110 Å². The summed E-state index contributed by atoms with van der Waals surface area (Å²) in [6.45, 7) is 4.61. The predicted molar refractivity (Wildman–Crippen MR) is 73.3 cm³/mol. The summed E-state index contributed by atoms with van der Waals surface area (Å²) < 4.78 is 1.13. The van der Waals surface area contributed by atoms with E-state index in [1.165, 1.54) is 11.3 Å². The fraction of sp³-hybridized carbons (Fsp3) is 0.462. The summed E-state index contributed by atoms with van der Waals surface area (Å²) in [6, 6.07) is 6.40. The zero-order valence-electron chi connectivity index (χ0n) is 10.0. The third-order valence-electron chi connectivity index (χ3n) is 2.98. The molecule has 0 bridgehead atoms. The van der Waals surface area contributed by atoms with Crippen molar-refractivity contribution in [1.29, 1.82) is 0 Å². The second-order valence-corrected chi connectivity index (χ2v) is 5.25. The number of carbonyl (C=O) groups excluding carboxylic acids is 1. The number of amides is 1. The van der Waals surface area contributed by atoms with Crippen LogP contribution in [0.1, 0.15) is 18.4 Å². The molecule has 17 heavy (non-hydrogen) atoms. The number of rotatable bonds is 1. The highest BCUT2D eigenvalue weighted by Crippen LogP contribution is 2.27. The van der Waals surface area contributed by atoms with Gasteiger partial charge in [0.25, 0.3) is 0 Å². The van der Waals surface area contributed by atoms with Crippen LogP contribution >= 0.6 is 15.9 Å². The summed E-state index contributed by atoms with van der Waals surface area (Å²) in [5.41, 5.74) is 2.47. The van der Waals surface area contributed by atoms with E-state index in [2.05, 4.69) is 51.3 Å². The molecule has 1 fully saturated rings. The van der Waals surface area contributed by atoms with Gasteiger partial charge in [-0.05, 0) is 47.0 Å². The normalized spacial score (nSPS) is 17.3. The lowest BCUT2D eigenvalue weighted by Gasteiger charge is -2.28. The van der Waals surface area contributed by atoms with E-state index in [0.717, 1.165) is 30.5 Å². The molecule has 0 unspecified atom stereocenters. The minimum absolute atomic E-state index is 0.174. The van der Waals surface area contributed by atoms with Crippen molar-refractivity contribution in [2.24, 2.45) is 0 Å². The number of anilines is 1. The first kappa shape index (κ1) is 12.4. The van der Waals surface area contributed by atoms with E-state index >= 15 is 0 Å². The van der Waals surface area contributed by atoms with Crippen LogP contribution in [0.4, 0.5) is 5.69 Å². The van der Waals surface area contributed by atoms with Gasteiger partial charge in [0, 0.05) is 30.5 Å². The number of nitrogens with one attached hydrogen (secondary N) is 1. The van der Waals surface area contributed by atoms with Gasteiger partial charge in [-0.2, -0.15) is 0 Å². The molecule has 1 N–H and O–H groups in total. The highest BCUT2D eigenvalue weighted by Gasteiger charge is 2.13. The molecule has 3 nitrogen and oxygen atoms in total. The molecule has 0 aromatic heterocycles. The highest BCUT2D eigenvalue weighted by molar-refractivity contribution is 9.10. The first-order valence-electron chi connectivity index (χ1n) is 5.94. The average Bonchev–Trinajstić information content (AvgIpc) is 2.24. The second kappa shape index (κ2) is 5.54. The Bertz CT molecular complexity index is 408. The van der Waals surface area contributed by atoms with Crippen LogP contribution in [0.25, 0.3) is 0 Å². The van der Waals surface area contributed by atoms with Gasteiger partial charge in [0.2, 0.25) is 5.91 Å². The highest BCUT2D eigenvalue weighted by atomic mass is 79.9. The van der Waals surface area contributed by atoms with Crippen LogP contribution in [0.2, 0.25) is 0 Å². The summed E-state index contributed by atoms with van der Waals surface area (Å²) in [4.78, 5) is 13.6. The number of nitrogens with zero attached hydrogens (tertiary/aromatic N) is 1. The number of halogens is 1. The van der Waals surface area contributed by atoms with Gasteiger partial charge < -0.3 is 10.2 Å². The molecule has 0 saturated carbocycles. The molecule has 4 heteroatoms. The Morgan fingerprint density at radius 1 is 1.35 bits per heavy atom. The third-order valence-corrected chi connectivity index (χ3v) is 3.61. The van der Waals surface area contributed by atoms with Gasteiger partial charge in [-0.15, -0.1) is 0 Å². The van der Waals surface area contributed by atoms with Gasteiger partial charge in [0.15, 0.2) is 0 Å². The first-order chi connectivity index (χ1) is 8.16. The maximum Gasteiger partial charge on any atom is 0.220 e. The monoisotopic (exact) mass is 296 g/mol. The quantitative estimate of drug-likeness (QED) is 0.863. The number of aryl methyl sites for hydroxylation is 1. The van der Waals surface area contributed by atoms with E-state index < -0.39 is 0 Å². The van der Waals surface area contributed by atoms with Crippen molar-refractivity contribution >= 4 is 27.5 Å². The molecular weight excluding hydrogens is 280 g/mol. The van der Waals surface area contributed by atoms with Gasteiger partial charge in [0.1, 0.15) is 0 Å². The smallest absolute Gasteiger partial charge is 0.220 e. The summed E-state index contributed by atoms with van der Waals surface area (Å²) in [5.74, 6) is 0.174. The van der Waals surface area contributed by atoms with Gasteiger partial charge in [-0.1, -0.05) is 6.07 Å². The molecule has 1 heterocycles. The van der Waals surface area contributed by atoms with Crippen LogP contribution in [0.3, 0.4) is 0 Å². The Kier molecular flexibility index (Phi) is 4.05. The molecule has 0 spiro atoms. The largest absolute Gasteiger partial charge is 0.369 e. The molecule has 1 amide bonds. The lowest BCUT2D eigenvalue weighted by atomic mass is 10.2. The van der Waals surface area contributed by atoms with Crippen LogP contribution < -0.4 is 10.2 Å². The van der Waals surface area contributed by atoms with Crippen molar-refractivity contribution in [1.82, 2.24) is 5.32 Å². The van der Waals surface area contributed by atoms with Gasteiger partial charge in [-0.3, -0.25) is 4.79 Å². The van der Waals surface area contributed by atoms with E-state index in [1.807, 2.05) is 0 Å². The number of hydrogen-bond donors (Lipinski definition) is 1. The average molecular weight is 297 g/mol. The lowest BCUT2D eigenvalue weighted by molar-refractivity contribution is -0.121. The molecule has 1 aromatic rings. The molecule has 1 aliphatic heterocycles. The van der Waals surface area contributed by atoms with Crippen LogP contribution in [-0.4, -0.2) is 25.5 Å². The van der Waals surface area contributed by atoms with Crippen LogP contribution in [-0.2, 0) is 4.79 Å². The van der Waals surface area contributed by atoms with Crippen molar-refractivity contribution in [2.45, 2.75) is 19.8 Å². The van der Waals surface area contributed by atoms with Crippen molar-refractivity contribution in [3.05, 3.63) is 28.2 Å². The van der Waals surface area contributed by atoms with Gasteiger partial charge in [-0.25, -0.2) is 0 Å². The van der Waals surface area contributed by atoms with E-state index in [4.69, 9.17) is 0 Å². The fourth-order valence-corrected chi connectivity index (χ4v) is 2.81. The zero-order valence-corrected chi connectivity index (χ0v) is 11.6. The molecule has 92 valence electrons. The Morgan fingerprint density at radius 2 is 2.18 bits per heavy atom. The van der Waals surface area contributed by atoms with E-state index in [0.29, 0.717) is 6.42 Å². The molecule has 1 saturated heterocycles. The van der Waals surface area contributed by atoms with Crippen LogP contribution in [0, 0.1) is 6.92 Å². The second-order valence-electron chi connectivity index (χ2n) is 4.40. The summed E-state index contributed by atoms with van der Waals surface area (Å²) in [7, 11) is 0. The van der Waals surface area contributed by atoms with Crippen molar-refractivity contribution in [2.75, 3.05) is 24.5 Å². The third kappa shape index (κ3) is 3.22. The molecule has 0 atom stereocenters. The van der Waals surface area contributed by atoms with Crippen molar-refractivity contribution in [3.8, 4) is 0 Å². The minimum atomic E-state index is 0.174.